The highest BCUT2D eigenvalue weighted by Gasteiger charge is 2.03. The van der Waals surface area contributed by atoms with E-state index in [1.807, 2.05) is 13.0 Å². The predicted octanol–water partition coefficient (Wildman–Crippen LogP) is 1.12. The van der Waals surface area contributed by atoms with E-state index in [4.69, 9.17) is 24.4 Å². The molecule has 7 heteroatoms. The van der Waals surface area contributed by atoms with E-state index in [1.165, 1.54) is 6.07 Å². The van der Waals surface area contributed by atoms with Gasteiger partial charge in [-0.05, 0) is 18.1 Å². The lowest BCUT2D eigenvalue weighted by Crippen LogP contribution is -1.83. The fourth-order valence-electron chi connectivity index (χ4n) is 1.05. The van der Waals surface area contributed by atoms with Crippen molar-refractivity contribution in [2.45, 2.75) is 19.8 Å². The second-order valence-corrected chi connectivity index (χ2v) is 4.07. The number of rotatable bonds is 2. The van der Waals surface area contributed by atoms with Gasteiger partial charge in [-0.3, -0.25) is 0 Å². The molecule has 92 valence electrons. The van der Waals surface area contributed by atoms with Crippen LogP contribution in [0.5, 0.6) is 11.5 Å². The largest absolute Gasteiger partial charge is 0.504 e. The number of phenolic OH excluding ortho intramolecular Hbond substituents is 2. The normalized spacial score (nSPS) is 10.5. The van der Waals surface area contributed by atoms with E-state index in [1.54, 1.807) is 6.07 Å². The Morgan fingerprint density at radius 3 is 2.12 bits per heavy atom. The van der Waals surface area contributed by atoms with Crippen LogP contribution in [0.25, 0.3) is 0 Å². The molecule has 0 radical (unpaired) electrons. The van der Waals surface area contributed by atoms with Crippen molar-refractivity contribution >= 4 is 7.82 Å². The van der Waals surface area contributed by atoms with E-state index in [0.717, 1.165) is 18.4 Å². The average Bonchev–Trinajstić information content (AvgIpc) is 2.10. The second-order valence-electron chi connectivity index (χ2n) is 3.05. The van der Waals surface area contributed by atoms with E-state index < -0.39 is 7.82 Å². The molecular weight excluding hydrogens is 235 g/mol. The zero-order valence-electron chi connectivity index (χ0n) is 8.74. The van der Waals surface area contributed by atoms with Crippen LogP contribution in [0.4, 0.5) is 0 Å². The predicted molar refractivity (Wildman–Crippen MR) is 58.0 cm³/mol. The number of benzene rings is 1. The van der Waals surface area contributed by atoms with Crippen LogP contribution < -0.4 is 0 Å². The van der Waals surface area contributed by atoms with Gasteiger partial charge in [0.15, 0.2) is 11.5 Å². The molecule has 0 spiro atoms. The van der Waals surface area contributed by atoms with E-state index in [2.05, 4.69) is 0 Å². The summed E-state index contributed by atoms with van der Waals surface area (Å²) in [7, 11) is -4.64. The lowest BCUT2D eigenvalue weighted by molar-refractivity contribution is 0.275. The molecule has 0 aliphatic rings. The summed E-state index contributed by atoms with van der Waals surface area (Å²) in [5.74, 6) is -0.00898. The summed E-state index contributed by atoms with van der Waals surface area (Å²) in [6.45, 7) is 2.03. The first-order chi connectivity index (χ1) is 7.25. The molecule has 5 N–H and O–H groups in total. The van der Waals surface area contributed by atoms with Crippen LogP contribution in [-0.4, -0.2) is 24.9 Å². The maximum absolute atomic E-state index is 9.28. The molecule has 0 unspecified atom stereocenters. The van der Waals surface area contributed by atoms with Gasteiger partial charge in [0.05, 0.1) is 0 Å². The number of phosphoric acid groups is 1. The number of hydrogen-bond acceptors (Lipinski definition) is 3. The summed E-state index contributed by atoms with van der Waals surface area (Å²) in [6.07, 6.45) is 1.78. The summed E-state index contributed by atoms with van der Waals surface area (Å²) in [6, 6.07) is 5.03. The Bertz CT molecular complexity index is 364. The van der Waals surface area contributed by atoms with Gasteiger partial charge in [-0.15, -0.1) is 0 Å². The molecule has 16 heavy (non-hydrogen) atoms. The van der Waals surface area contributed by atoms with Gasteiger partial charge in [-0.2, -0.15) is 0 Å². The molecule has 0 atom stereocenters. The third-order valence-corrected chi connectivity index (χ3v) is 1.62. The maximum Gasteiger partial charge on any atom is 0.466 e. The van der Waals surface area contributed by atoms with Crippen molar-refractivity contribution in [3.63, 3.8) is 0 Å². The van der Waals surface area contributed by atoms with Crippen LogP contribution in [0.1, 0.15) is 18.9 Å². The van der Waals surface area contributed by atoms with Crippen LogP contribution in [0.15, 0.2) is 18.2 Å². The van der Waals surface area contributed by atoms with Gasteiger partial charge in [0, 0.05) is 0 Å². The number of aromatic hydroxyl groups is 2. The minimum atomic E-state index is -4.64. The number of para-hydroxylation sites is 1. The Labute approximate surface area is 93.1 Å². The number of aryl methyl sites for hydroxylation is 1. The van der Waals surface area contributed by atoms with Crippen LogP contribution in [0, 0.1) is 0 Å². The minimum absolute atomic E-state index is 0.0225. The van der Waals surface area contributed by atoms with E-state index >= 15 is 0 Å². The molecular formula is C9H15O6P. The van der Waals surface area contributed by atoms with Crippen LogP contribution in [0.2, 0.25) is 0 Å². The maximum atomic E-state index is 9.28. The van der Waals surface area contributed by atoms with Gasteiger partial charge in [-0.25, -0.2) is 4.57 Å². The molecule has 6 nitrogen and oxygen atoms in total. The van der Waals surface area contributed by atoms with Crippen molar-refractivity contribution in [1.82, 2.24) is 0 Å². The molecule has 1 rings (SSSR count). The number of hydrogen-bond donors (Lipinski definition) is 5. The van der Waals surface area contributed by atoms with Crippen LogP contribution in [-0.2, 0) is 11.0 Å². The molecule has 0 heterocycles. The monoisotopic (exact) mass is 250 g/mol. The van der Waals surface area contributed by atoms with Gasteiger partial charge in [0.2, 0.25) is 0 Å². The summed E-state index contributed by atoms with van der Waals surface area (Å²) < 4.78 is 8.88. The van der Waals surface area contributed by atoms with Crippen LogP contribution >= 0.6 is 7.82 Å². The fourth-order valence-corrected chi connectivity index (χ4v) is 1.05. The van der Waals surface area contributed by atoms with Gasteiger partial charge in [-0.1, -0.05) is 25.5 Å². The Hall–Kier alpha value is -1.07. The standard InChI is InChI=1S/C9H12O2.H3O4P/c1-2-4-7-5-3-6-8(10)9(7)11;1-5(2,3)4/h3,5-6,10-11H,2,4H2,1H3;(H3,1,2,3,4). The summed E-state index contributed by atoms with van der Waals surface area (Å²) in [5, 5.41) is 18.4. The molecule has 1 aromatic rings. The molecule has 0 saturated carbocycles. The summed E-state index contributed by atoms with van der Waals surface area (Å²) in [5.41, 5.74) is 0.813. The van der Waals surface area contributed by atoms with Gasteiger partial charge in [0.1, 0.15) is 0 Å². The third kappa shape index (κ3) is 7.25. The second kappa shape index (κ2) is 6.50. The van der Waals surface area contributed by atoms with Crippen molar-refractivity contribution in [3.05, 3.63) is 23.8 Å². The van der Waals surface area contributed by atoms with Crippen molar-refractivity contribution in [3.8, 4) is 11.5 Å². The first-order valence-corrected chi connectivity index (χ1v) is 6.10. The molecule has 0 aromatic heterocycles. The Morgan fingerprint density at radius 1 is 1.19 bits per heavy atom. The van der Waals surface area contributed by atoms with Gasteiger partial charge < -0.3 is 24.9 Å². The van der Waals surface area contributed by atoms with Gasteiger partial charge in [0.25, 0.3) is 0 Å². The molecule has 1 aromatic carbocycles. The summed E-state index contributed by atoms with van der Waals surface area (Å²) >= 11 is 0. The van der Waals surface area contributed by atoms with Crippen molar-refractivity contribution in [1.29, 1.82) is 0 Å². The molecule has 0 fully saturated rings. The van der Waals surface area contributed by atoms with E-state index in [9.17, 15) is 5.11 Å². The summed E-state index contributed by atoms with van der Waals surface area (Å²) in [4.78, 5) is 21.6. The Balaban J connectivity index is 0.000000385. The first kappa shape index (κ1) is 14.9. The highest BCUT2D eigenvalue weighted by Crippen LogP contribution is 2.28. The molecule has 0 aliphatic carbocycles. The lowest BCUT2D eigenvalue weighted by Gasteiger charge is -2.03. The first-order valence-electron chi connectivity index (χ1n) is 4.53. The molecule has 0 saturated heterocycles. The zero-order chi connectivity index (χ0) is 12.8. The molecule has 0 bridgehead atoms. The molecule has 0 amide bonds. The topological polar surface area (TPSA) is 118 Å². The Morgan fingerprint density at radius 2 is 1.69 bits per heavy atom. The van der Waals surface area contributed by atoms with Crippen molar-refractivity contribution in [2.75, 3.05) is 0 Å². The van der Waals surface area contributed by atoms with E-state index in [-0.39, 0.29) is 11.5 Å². The smallest absolute Gasteiger partial charge is 0.466 e. The Kier molecular flexibility index (Phi) is 6.06. The fraction of sp³-hybridized carbons (Fsp3) is 0.333. The lowest BCUT2D eigenvalue weighted by atomic mass is 10.1. The highest BCUT2D eigenvalue weighted by molar-refractivity contribution is 7.45. The third-order valence-electron chi connectivity index (χ3n) is 1.62. The quantitative estimate of drug-likeness (QED) is 0.396. The van der Waals surface area contributed by atoms with E-state index in [0.29, 0.717) is 0 Å². The zero-order valence-corrected chi connectivity index (χ0v) is 9.63. The van der Waals surface area contributed by atoms with Crippen LogP contribution in [0.3, 0.4) is 0 Å². The average molecular weight is 250 g/mol. The minimum Gasteiger partial charge on any atom is -0.504 e. The van der Waals surface area contributed by atoms with Gasteiger partial charge >= 0.3 is 7.82 Å². The van der Waals surface area contributed by atoms with Crippen molar-refractivity contribution in [2.24, 2.45) is 0 Å². The van der Waals surface area contributed by atoms with Crippen molar-refractivity contribution < 1.29 is 29.5 Å². The molecule has 0 aliphatic heterocycles. The number of phenols is 2. The highest BCUT2D eigenvalue weighted by atomic mass is 31.2. The SMILES string of the molecule is CCCc1cccc(O)c1O.O=P(O)(O)O.